The molecule has 2 aromatic carbocycles. The van der Waals surface area contributed by atoms with E-state index in [1.54, 1.807) is 31.2 Å². The van der Waals surface area contributed by atoms with E-state index in [1.807, 2.05) is 6.92 Å². The standard InChI is InChI=1S/C19H19F3O4/c1-3-17(18(23)24-4-2)13-5-7-14(8-6-13)25-15-9-11-16(12-10-15)26-19(20,21)22/h5-12,23H,3-4H2,1-2H3. The van der Waals surface area contributed by atoms with Crippen molar-refractivity contribution in [3.8, 4) is 17.2 Å². The second-order valence-electron chi connectivity index (χ2n) is 5.22. The highest BCUT2D eigenvalue weighted by Crippen LogP contribution is 2.29. The maximum atomic E-state index is 12.1. The Kier molecular flexibility index (Phi) is 6.38. The van der Waals surface area contributed by atoms with Crippen LogP contribution in [0.25, 0.3) is 5.57 Å². The van der Waals surface area contributed by atoms with Crippen LogP contribution < -0.4 is 9.47 Å². The summed E-state index contributed by atoms with van der Waals surface area (Å²) in [6.07, 6.45) is -4.14. The fourth-order valence-corrected chi connectivity index (χ4v) is 2.27. The van der Waals surface area contributed by atoms with Crippen LogP contribution in [-0.4, -0.2) is 18.1 Å². The SMILES string of the molecule is CCOC(O)=C(CC)c1ccc(Oc2ccc(OC(F)(F)F)cc2)cc1. The third-order valence-electron chi connectivity index (χ3n) is 3.39. The zero-order valence-corrected chi connectivity index (χ0v) is 14.3. The summed E-state index contributed by atoms with van der Waals surface area (Å²) >= 11 is 0. The van der Waals surface area contributed by atoms with Gasteiger partial charge in [-0.05, 0) is 55.3 Å². The topological polar surface area (TPSA) is 47.9 Å². The van der Waals surface area contributed by atoms with Crippen LogP contribution in [-0.2, 0) is 4.74 Å². The van der Waals surface area contributed by atoms with Crippen molar-refractivity contribution < 1.29 is 32.5 Å². The Hall–Kier alpha value is -2.83. The Morgan fingerprint density at radius 3 is 1.85 bits per heavy atom. The normalized spacial score (nSPS) is 12.3. The first-order valence-corrected chi connectivity index (χ1v) is 8.01. The molecule has 0 saturated heterocycles. The molecule has 0 atom stereocenters. The summed E-state index contributed by atoms with van der Waals surface area (Å²) < 4.78 is 51.0. The van der Waals surface area contributed by atoms with Crippen LogP contribution >= 0.6 is 0 Å². The summed E-state index contributed by atoms with van der Waals surface area (Å²) in [6.45, 7) is 4.05. The molecule has 7 heteroatoms. The quantitative estimate of drug-likeness (QED) is 0.604. The highest BCUT2D eigenvalue weighted by atomic mass is 19.4. The lowest BCUT2D eigenvalue weighted by molar-refractivity contribution is -0.274. The average molecular weight is 368 g/mol. The fraction of sp³-hybridized carbons (Fsp3) is 0.263. The molecule has 0 saturated carbocycles. The average Bonchev–Trinajstić information content (AvgIpc) is 2.58. The molecule has 2 aromatic rings. The number of allylic oxidation sites excluding steroid dienone is 1. The molecule has 0 unspecified atom stereocenters. The van der Waals surface area contributed by atoms with E-state index in [0.29, 0.717) is 30.1 Å². The summed E-state index contributed by atoms with van der Waals surface area (Å²) in [5, 5.41) is 9.91. The minimum absolute atomic E-state index is 0.107. The fourth-order valence-electron chi connectivity index (χ4n) is 2.27. The van der Waals surface area contributed by atoms with Gasteiger partial charge in [-0.15, -0.1) is 13.2 Å². The molecule has 0 fully saturated rings. The largest absolute Gasteiger partial charge is 0.573 e. The first kappa shape index (κ1) is 19.5. The number of halogens is 3. The van der Waals surface area contributed by atoms with E-state index in [-0.39, 0.29) is 11.7 Å². The highest BCUT2D eigenvalue weighted by molar-refractivity contribution is 5.66. The van der Waals surface area contributed by atoms with Gasteiger partial charge in [-0.3, -0.25) is 0 Å². The first-order valence-electron chi connectivity index (χ1n) is 8.01. The molecule has 0 heterocycles. The van der Waals surface area contributed by atoms with Crippen molar-refractivity contribution in [3.63, 3.8) is 0 Å². The molecule has 0 aliphatic rings. The molecule has 4 nitrogen and oxygen atoms in total. The van der Waals surface area contributed by atoms with E-state index in [2.05, 4.69) is 4.74 Å². The van der Waals surface area contributed by atoms with Gasteiger partial charge in [-0.25, -0.2) is 0 Å². The monoisotopic (exact) mass is 368 g/mol. The van der Waals surface area contributed by atoms with Gasteiger partial charge in [0.1, 0.15) is 17.2 Å². The minimum atomic E-state index is -4.73. The van der Waals surface area contributed by atoms with Crippen molar-refractivity contribution in [2.75, 3.05) is 6.61 Å². The van der Waals surface area contributed by atoms with Gasteiger partial charge < -0.3 is 19.3 Å². The Morgan fingerprint density at radius 2 is 1.38 bits per heavy atom. The zero-order chi connectivity index (χ0) is 19.2. The van der Waals surface area contributed by atoms with Crippen molar-refractivity contribution in [3.05, 3.63) is 60.0 Å². The summed E-state index contributed by atoms with van der Waals surface area (Å²) in [4.78, 5) is 0. The Morgan fingerprint density at radius 1 is 0.885 bits per heavy atom. The second kappa shape index (κ2) is 8.51. The van der Waals surface area contributed by atoms with Gasteiger partial charge in [-0.1, -0.05) is 19.1 Å². The molecule has 140 valence electrons. The van der Waals surface area contributed by atoms with Gasteiger partial charge in [0, 0.05) is 5.57 Å². The molecule has 0 aliphatic heterocycles. The molecule has 2 rings (SSSR count). The number of aliphatic hydroxyl groups is 1. The molecule has 26 heavy (non-hydrogen) atoms. The van der Waals surface area contributed by atoms with Gasteiger partial charge in [-0.2, -0.15) is 0 Å². The number of ether oxygens (including phenoxy) is 3. The van der Waals surface area contributed by atoms with E-state index in [4.69, 9.17) is 9.47 Å². The summed E-state index contributed by atoms with van der Waals surface area (Å²) in [6, 6.07) is 12.1. The molecule has 1 N–H and O–H groups in total. The van der Waals surface area contributed by atoms with Crippen LogP contribution in [0.2, 0.25) is 0 Å². The van der Waals surface area contributed by atoms with Crippen molar-refractivity contribution >= 4 is 5.57 Å². The Bertz CT molecular complexity index is 735. The summed E-state index contributed by atoms with van der Waals surface area (Å²) in [7, 11) is 0. The smallest absolute Gasteiger partial charge is 0.481 e. The van der Waals surface area contributed by atoms with E-state index in [1.165, 1.54) is 24.3 Å². The van der Waals surface area contributed by atoms with Gasteiger partial charge in [0.2, 0.25) is 0 Å². The van der Waals surface area contributed by atoms with Crippen LogP contribution in [0.15, 0.2) is 54.5 Å². The van der Waals surface area contributed by atoms with Crippen LogP contribution in [0.3, 0.4) is 0 Å². The number of hydrogen-bond donors (Lipinski definition) is 1. The van der Waals surface area contributed by atoms with E-state index < -0.39 is 6.36 Å². The lowest BCUT2D eigenvalue weighted by Crippen LogP contribution is -2.16. The van der Waals surface area contributed by atoms with Gasteiger partial charge in [0.25, 0.3) is 5.95 Å². The molecule has 0 radical (unpaired) electrons. The van der Waals surface area contributed by atoms with E-state index in [0.717, 1.165) is 5.56 Å². The van der Waals surface area contributed by atoms with Gasteiger partial charge in [0.15, 0.2) is 0 Å². The predicted molar refractivity (Wildman–Crippen MR) is 91.1 cm³/mol. The van der Waals surface area contributed by atoms with Crippen LogP contribution in [0.5, 0.6) is 17.2 Å². The molecule has 0 amide bonds. The number of hydrogen-bond acceptors (Lipinski definition) is 4. The van der Waals surface area contributed by atoms with Crippen molar-refractivity contribution in [2.45, 2.75) is 26.6 Å². The minimum Gasteiger partial charge on any atom is -0.481 e. The van der Waals surface area contributed by atoms with Crippen molar-refractivity contribution in [1.29, 1.82) is 0 Å². The van der Waals surface area contributed by atoms with E-state index >= 15 is 0 Å². The third kappa shape index (κ3) is 5.61. The molecular formula is C19H19F3O4. The lowest BCUT2D eigenvalue weighted by atomic mass is 10.0. The lowest BCUT2D eigenvalue weighted by Gasteiger charge is -2.11. The molecular weight excluding hydrogens is 349 g/mol. The van der Waals surface area contributed by atoms with Crippen molar-refractivity contribution in [1.82, 2.24) is 0 Å². The van der Waals surface area contributed by atoms with Gasteiger partial charge in [0.05, 0.1) is 6.61 Å². The van der Waals surface area contributed by atoms with E-state index in [9.17, 15) is 18.3 Å². The number of benzene rings is 2. The van der Waals surface area contributed by atoms with Crippen LogP contribution in [0.4, 0.5) is 13.2 Å². The Balaban J connectivity index is 2.08. The number of rotatable bonds is 7. The third-order valence-corrected chi connectivity index (χ3v) is 3.39. The molecule has 0 aliphatic carbocycles. The maximum absolute atomic E-state index is 12.1. The maximum Gasteiger partial charge on any atom is 0.573 e. The second-order valence-corrected chi connectivity index (χ2v) is 5.22. The van der Waals surface area contributed by atoms with Crippen LogP contribution in [0, 0.1) is 0 Å². The first-order chi connectivity index (χ1) is 12.3. The van der Waals surface area contributed by atoms with Crippen molar-refractivity contribution in [2.24, 2.45) is 0 Å². The summed E-state index contributed by atoms with van der Waals surface area (Å²) in [5.74, 6) is 0.452. The molecule has 0 bridgehead atoms. The Labute approximate surface area is 149 Å². The number of aliphatic hydroxyl groups excluding tert-OH is 1. The zero-order valence-electron chi connectivity index (χ0n) is 14.3. The van der Waals surface area contributed by atoms with Crippen LogP contribution in [0.1, 0.15) is 25.8 Å². The molecule has 0 spiro atoms. The predicted octanol–water partition coefficient (Wildman–Crippen LogP) is 6.05. The highest BCUT2D eigenvalue weighted by Gasteiger charge is 2.30. The summed E-state index contributed by atoms with van der Waals surface area (Å²) in [5.41, 5.74) is 1.46. The number of alkyl halides is 3. The van der Waals surface area contributed by atoms with Gasteiger partial charge >= 0.3 is 6.36 Å². The molecule has 0 aromatic heterocycles.